The summed E-state index contributed by atoms with van der Waals surface area (Å²) in [5, 5.41) is 3.12. The van der Waals surface area contributed by atoms with Crippen LogP contribution < -0.4 is 5.32 Å². The molecular formula is C17H18N2OS2. The van der Waals surface area contributed by atoms with Crippen molar-refractivity contribution >= 4 is 35.2 Å². The molecule has 2 aromatic rings. The third-order valence-corrected chi connectivity index (χ3v) is 5.54. The molecule has 1 N–H and O–H groups in total. The Morgan fingerprint density at radius 2 is 2.05 bits per heavy atom. The number of carbonyl (C=O) groups is 1. The molecule has 22 heavy (non-hydrogen) atoms. The second kappa shape index (κ2) is 7.11. The van der Waals surface area contributed by atoms with Crippen LogP contribution in [0, 0.1) is 0 Å². The van der Waals surface area contributed by atoms with E-state index in [1.807, 2.05) is 65.4 Å². The van der Waals surface area contributed by atoms with Crippen LogP contribution in [0.15, 0.2) is 59.5 Å². The summed E-state index contributed by atoms with van der Waals surface area (Å²) in [4.78, 5) is 15.6. The Balaban J connectivity index is 1.73. The van der Waals surface area contributed by atoms with Crippen molar-refractivity contribution in [1.82, 2.24) is 4.90 Å². The van der Waals surface area contributed by atoms with Crippen LogP contribution in [0.1, 0.15) is 10.9 Å². The highest BCUT2D eigenvalue weighted by molar-refractivity contribution is 7.99. The zero-order valence-electron chi connectivity index (χ0n) is 12.4. The molecule has 1 aliphatic heterocycles. The second-order valence-corrected chi connectivity index (χ2v) is 7.06. The van der Waals surface area contributed by atoms with Gasteiger partial charge in [-0.1, -0.05) is 36.4 Å². The summed E-state index contributed by atoms with van der Waals surface area (Å²) in [6.07, 6.45) is 2.03. The SMILES string of the molecule is CSc1cccc(NC(=O)N2CCSC2c2ccccc2)c1. The van der Waals surface area contributed by atoms with Gasteiger partial charge in [0.25, 0.3) is 0 Å². The van der Waals surface area contributed by atoms with E-state index in [4.69, 9.17) is 0 Å². The van der Waals surface area contributed by atoms with Crippen LogP contribution in [-0.2, 0) is 0 Å². The largest absolute Gasteiger partial charge is 0.323 e. The highest BCUT2D eigenvalue weighted by Crippen LogP contribution is 2.38. The van der Waals surface area contributed by atoms with E-state index in [0.717, 1.165) is 22.9 Å². The summed E-state index contributed by atoms with van der Waals surface area (Å²) in [5.41, 5.74) is 2.03. The maximum absolute atomic E-state index is 12.6. The molecule has 5 heteroatoms. The molecule has 0 saturated carbocycles. The molecule has 0 radical (unpaired) electrons. The van der Waals surface area contributed by atoms with E-state index >= 15 is 0 Å². The Morgan fingerprint density at radius 3 is 2.82 bits per heavy atom. The molecule has 0 bridgehead atoms. The Morgan fingerprint density at radius 1 is 1.23 bits per heavy atom. The first-order valence-corrected chi connectivity index (χ1v) is 9.43. The Bertz CT molecular complexity index is 648. The molecule has 0 spiro atoms. The van der Waals surface area contributed by atoms with Crippen LogP contribution in [0.5, 0.6) is 0 Å². The lowest BCUT2D eigenvalue weighted by Crippen LogP contribution is -2.34. The highest BCUT2D eigenvalue weighted by Gasteiger charge is 2.30. The second-order valence-electron chi connectivity index (χ2n) is 4.99. The molecule has 1 unspecified atom stereocenters. The topological polar surface area (TPSA) is 32.3 Å². The fourth-order valence-electron chi connectivity index (χ4n) is 2.47. The Kier molecular flexibility index (Phi) is 4.95. The molecule has 0 aromatic heterocycles. The number of hydrogen-bond acceptors (Lipinski definition) is 3. The summed E-state index contributed by atoms with van der Waals surface area (Å²) in [7, 11) is 0. The molecule has 1 fully saturated rings. The molecule has 2 amide bonds. The summed E-state index contributed by atoms with van der Waals surface area (Å²) in [6.45, 7) is 0.776. The molecule has 114 valence electrons. The molecule has 0 aliphatic carbocycles. The van der Waals surface area contributed by atoms with Crippen molar-refractivity contribution in [1.29, 1.82) is 0 Å². The number of rotatable bonds is 3. The van der Waals surface area contributed by atoms with Crippen molar-refractivity contribution in [2.24, 2.45) is 0 Å². The number of benzene rings is 2. The number of thioether (sulfide) groups is 2. The minimum Gasteiger partial charge on any atom is -0.308 e. The number of carbonyl (C=O) groups excluding carboxylic acids is 1. The van der Waals surface area contributed by atoms with Gasteiger partial charge < -0.3 is 10.2 Å². The highest BCUT2D eigenvalue weighted by atomic mass is 32.2. The number of hydrogen-bond donors (Lipinski definition) is 1. The fraction of sp³-hybridized carbons (Fsp3) is 0.235. The van der Waals surface area contributed by atoms with Crippen LogP contribution in [0.25, 0.3) is 0 Å². The number of nitrogens with one attached hydrogen (secondary N) is 1. The van der Waals surface area contributed by atoms with E-state index in [0.29, 0.717) is 0 Å². The van der Waals surface area contributed by atoms with E-state index in [1.165, 1.54) is 5.56 Å². The fourth-order valence-corrected chi connectivity index (χ4v) is 4.18. The maximum Gasteiger partial charge on any atom is 0.323 e. The quantitative estimate of drug-likeness (QED) is 0.829. The summed E-state index contributed by atoms with van der Waals surface area (Å²) < 4.78 is 0. The molecular weight excluding hydrogens is 312 g/mol. The van der Waals surface area contributed by atoms with Gasteiger partial charge in [0.1, 0.15) is 5.37 Å². The van der Waals surface area contributed by atoms with Crippen LogP contribution in [0.2, 0.25) is 0 Å². The summed E-state index contributed by atoms with van der Waals surface area (Å²) >= 11 is 3.48. The Labute approximate surface area is 139 Å². The van der Waals surface area contributed by atoms with Crippen LogP contribution in [0.3, 0.4) is 0 Å². The molecule has 1 aliphatic rings. The molecule has 1 heterocycles. The first kappa shape index (κ1) is 15.3. The first-order chi connectivity index (χ1) is 10.8. The van der Waals surface area contributed by atoms with Crippen LogP contribution in [-0.4, -0.2) is 29.5 Å². The van der Waals surface area contributed by atoms with Crippen molar-refractivity contribution in [2.75, 3.05) is 23.9 Å². The lowest BCUT2D eigenvalue weighted by Gasteiger charge is -2.24. The maximum atomic E-state index is 12.6. The minimum absolute atomic E-state index is 0.0305. The van der Waals surface area contributed by atoms with Crippen molar-refractivity contribution in [3.8, 4) is 0 Å². The normalized spacial score (nSPS) is 17.5. The van der Waals surface area contributed by atoms with E-state index < -0.39 is 0 Å². The van der Waals surface area contributed by atoms with Gasteiger partial charge in [0.15, 0.2) is 0 Å². The first-order valence-electron chi connectivity index (χ1n) is 7.16. The average Bonchev–Trinajstić information content (AvgIpc) is 3.05. The van der Waals surface area contributed by atoms with Gasteiger partial charge in [-0.3, -0.25) is 0 Å². The minimum atomic E-state index is -0.0305. The standard InChI is InChI=1S/C17H18N2OS2/c1-21-15-9-5-8-14(12-15)18-17(20)19-10-11-22-16(19)13-6-3-2-4-7-13/h2-9,12,16H,10-11H2,1H3,(H,18,20). The van der Waals surface area contributed by atoms with Crippen molar-refractivity contribution in [3.63, 3.8) is 0 Å². The molecule has 3 rings (SSSR count). The van der Waals surface area contributed by atoms with Gasteiger partial charge in [-0.25, -0.2) is 4.79 Å². The molecule has 3 nitrogen and oxygen atoms in total. The van der Waals surface area contributed by atoms with Gasteiger partial charge in [-0.2, -0.15) is 0 Å². The predicted molar refractivity (Wildman–Crippen MR) is 95.6 cm³/mol. The number of urea groups is 1. The lowest BCUT2D eigenvalue weighted by molar-refractivity contribution is 0.214. The molecule has 2 aromatic carbocycles. The van der Waals surface area contributed by atoms with Gasteiger partial charge in [-0.05, 0) is 30.0 Å². The van der Waals surface area contributed by atoms with Gasteiger partial charge in [0.05, 0.1) is 0 Å². The zero-order valence-corrected chi connectivity index (χ0v) is 14.0. The van der Waals surface area contributed by atoms with Crippen molar-refractivity contribution < 1.29 is 4.79 Å². The van der Waals surface area contributed by atoms with Gasteiger partial charge >= 0.3 is 6.03 Å². The summed E-state index contributed by atoms with van der Waals surface area (Å²) in [6, 6.07) is 18.1. The van der Waals surface area contributed by atoms with Crippen molar-refractivity contribution in [3.05, 3.63) is 60.2 Å². The van der Waals surface area contributed by atoms with Gasteiger partial charge in [-0.15, -0.1) is 23.5 Å². The smallest absolute Gasteiger partial charge is 0.308 e. The number of amides is 2. The summed E-state index contributed by atoms with van der Waals surface area (Å²) in [5.74, 6) is 0.970. The number of anilines is 1. The average molecular weight is 330 g/mol. The van der Waals surface area contributed by atoms with E-state index in [2.05, 4.69) is 17.4 Å². The van der Waals surface area contributed by atoms with E-state index in [9.17, 15) is 4.79 Å². The number of nitrogens with zero attached hydrogens (tertiary/aromatic N) is 1. The molecule has 1 atom stereocenters. The monoisotopic (exact) mass is 330 g/mol. The van der Waals surface area contributed by atoms with E-state index in [1.54, 1.807) is 11.8 Å². The van der Waals surface area contributed by atoms with Crippen LogP contribution in [0.4, 0.5) is 10.5 Å². The van der Waals surface area contributed by atoms with Crippen LogP contribution >= 0.6 is 23.5 Å². The lowest BCUT2D eigenvalue weighted by atomic mass is 10.2. The van der Waals surface area contributed by atoms with E-state index in [-0.39, 0.29) is 11.4 Å². The predicted octanol–water partition coefficient (Wildman–Crippen LogP) is 4.69. The third kappa shape index (κ3) is 3.42. The van der Waals surface area contributed by atoms with Crippen molar-refractivity contribution in [2.45, 2.75) is 10.3 Å². The van der Waals surface area contributed by atoms with Gasteiger partial charge in [0, 0.05) is 22.9 Å². The van der Waals surface area contributed by atoms with Gasteiger partial charge in [0.2, 0.25) is 0 Å². The Hall–Kier alpha value is -1.59. The third-order valence-electron chi connectivity index (χ3n) is 3.56. The zero-order chi connectivity index (χ0) is 15.4. The molecule has 1 saturated heterocycles.